The Morgan fingerprint density at radius 3 is 2.43 bits per heavy atom. The molecule has 2 fully saturated rings. The molecule has 2 aliphatic heterocycles. The van der Waals surface area contributed by atoms with E-state index in [1.165, 1.54) is 39.0 Å². The van der Waals surface area contributed by atoms with Crippen LogP contribution in [0, 0.1) is 0 Å². The van der Waals surface area contributed by atoms with Gasteiger partial charge in [0.1, 0.15) is 11.5 Å². The Morgan fingerprint density at radius 2 is 1.76 bits per heavy atom. The molecule has 4 heteroatoms. The van der Waals surface area contributed by atoms with Crippen molar-refractivity contribution in [3.05, 3.63) is 23.7 Å². The summed E-state index contributed by atoms with van der Waals surface area (Å²) >= 11 is 0. The number of likely N-dealkylation sites (tertiary alicyclic amines) is 2. The van der Waals surface area contributed by atoms with E-state index in [1.54, 1.807) is 0 Å². The fraction of sp³-hybridized carbons (Fsp3) is 0.765. The standard InChI is InChI=1S/C17H29N3O/c1-4-14-5-6-15(21-14)13-20-10-8-16-17(20)7-9-19(16)12-11-18(2)3/h5-6,16-17H,4,7-13H2,1-3H3. The molecule has 118 valence electrons. The molecule has 0 spiro atoms. The quantitative estimate of drug-likeness (QED) is 0.800. The van der Waals surface area contributed by atoms with Crippen LogP contribution < -0.4 is 0 Å². The molecule has 2 aliphatic rings. The monoisotopic (exact) mass is 291 g/mol. The largest absolute Gasteiger partial charge is 0.465 e. The van der Waals surface area contributed by atoms with Crippen LogP contribution in [0.3, 0.4) is 0 Å². The molecule has 21 heavy (non-hydrogen) atoms. The van der Waals surface area contributed by atoms with E-state index in [4.69, 9.17) is 4.42 Å². The first kappa shape index (κ1) is 15.1. The van der Waals surface area contributed by atoms with Gasteiger partial charge in [0, 0.05) is 44.7 Å². The van der Waals surface area contributed by atoms with Gasteiger partial charge in [-0.15, -0.1) is 0 Å². The minimum Gasteiger partial charge on any atom is -0.465 e. The van der Waals surface area contributed by atoms with E-state index < -0.39 is 0 Å². The van der Waals surface area contributed by atoms with E-state index >= 15 is 0 Å². The van der Waals surface area contributed by atoms with Gasteiger partial charge in [0.25, 0.3) is 0 Å². The third kappa shape index (κ3) is 3.33. The molecule has 3 rings (SSSR count). The zero-order valence-electron chi connectivity index (χ0n) is 13.7. The Balaban J connectivity index is 1.56. The number of nitrogens with zero attached hydrogens (tertiary/aromatic N) is 3. The van der Waals surface area contributed by atoms with Crippen LogP contribution in [-0.4, -0.2) is 67.1 Å². The maximum Gasteiger partial charge on any atom is 0.118 e. The summed E-state index contributed by atoms with van der Waals surface area (Å²) in [4.78, 5) is 7.62. The third-order valence-electron chi connectivity index (χ3n) is 5.07. The Kier molecular flexibility index (Phi) is 4.67. The van der Waals surface area contributed by atoms with Crippen LogP contribution in [0.25, 0.3) is 0 Å². The normalized spacial score (nSPS) is 26.9. The van der Waals surface area contributed by atoms with E-state index in [0.29, 0.717) is 0 Å². The first-order valence-electron chi connectivity index (χ1n) is 8.37. The van der Waals surface area contributed by atoms with Gasteiger partial charge in [-0.3, -0.25) is 9.80 Å². The minimum absolute atomic E-state index is 0.738. The highest BCUT2D eigenvalue weighted by molar-refractivity contribution is 5.09. The van der Waals surface area contributed by atoms with Crippen LogP contribution in [0.1, 0.15) is 31.3 Å². The zero-order valence-corrected chi connectivity index (χ0v) is 13.7. The van der Waals surface area contributed by atoms with Gasteiger partial charge in [-0.2, -0.15) is 0 Å². The van der Waals surface area contributed by atoms with Crippen molar-refractivity contribution in [2.24, 2.45) is 0 Å². The topological polar surface area (TPSA) is 22.9 Å². The molecule has 2 saturated heterocycles. The smallest absolute Gasteiger partial charge is 0.118 e. The molecule has 3 heterocycles. The summed E-state index contributed by atoms with van der Waals surface area (Å²) in [5.41, 5.74) is 0. The fourth-order valence-corrected chi connectivity index (χ4v) is 3.86. The fourth-order valence-electron chi connectivity index (χ4n) is 3.86. The van der Waals surface area contributed by atoms with Crippen LogP contribution in [0.5, 0.6) is 0 Å². The molecule has 0 N–H and O–H groups in total. The maximum absolute atomic E-state index is 5.89. The van der Waals surface area contributed by atoms with Gasteiger partial charge >= 0.3 is 0 Å². The first-order valence-corrected chi connectivity index (χ1v) is 8.37. The third-order valence-corrected chi connectivity index (χ3v) is 5.07. The van der Waals surface area contributed by atoms with Crippen LogP contribution >= 0.6 is 0 Å². The van der Waals surface area contributed by atoms with Crippen LogP contribution in [-0.2, 0) is 13.0 Å². The highest BCUT2D eigenvalue weighted by Crippen LogP contribution is 2.32. The summed E-state index contributed by atoms with van der Waals surface area (Å²) in [5, 5.41) is 0. The summed E-state index contributed by atoms with van der Waals surface area (Å²) in [6.07, 6.45) is 3.63. The molecule has 0 aromatic carbocycles. The lowest BCUT2D eigenvalue weighted by atomic mass is 10.1. The van der Waals surface area contributed by atoms with Crippen molar-refractivity contribution in [3.63, 3.8) is 0 Å². The molecule has 2 atom stereocenters. The van der Waals surface area contributed by atoms with Crippen molar-refractivity contribution < 1.29 is 4.42 Å². The molecule has 1 aromatic rings. The Labute approximate surface area is 128 Å². The summed E-state index contributed by atoms with van der Waals surface area (Å²) in [7, 11) is 4.33. The van der Waals surface area contributed by atoms with Crippen molar-refractivity contribution in [1.29, 1.82) is 0 Å². The predicted molar refractivity (Wildman–Crippen MR) is 85.4 cm³/mol. The Hall–Kier alpha value is -0.840. The summed E-state index contributed by atoms with van der Waals surface area (Å²) in [6, 6.07) is 5.79. The number of furan rings is 1. The second-order valence-corrected chi connectivity index (χ2v) is 6.74. The predicted octanol–water partition coefficient (Wildman–Crippen LogP) is 2.05. The number of likely N-dealkylation sites (N-methyl/N-ethyl adjacent to an activating group) is 1. The number of hydrogen-bond acceptors (Lipinski definition) is 4. The molecular formula is C17H29N3O. The molecule has 0 radical (unpaired) electrons. The van der Waals surface area contributed by atoms with Gasteiger partial charge in [0.2, 0.25) is 0 Å². The Morgan fingerprint density at radius 1 is 1.10 bits per heavy atom. The average molecular weight is 291 g/mol. The first-order chi connectivity index (χ1) is 10.2. The highest BCUT2D eigenvalue weighted by atomic mass is 16.3. The molecule has 0 amide bonds. The lowest BCUT2D eigenvalue weighted by Crippen LogP contribution is -2.39. The van der Waals surface area contributed by atoms with Crippen LogP contribution in [0.4, 0.5) is 0 Å². The van der Waals surface area contributed by atoms with Gasteiger partial charge in [-0.25, -0.2) is 0 Å². The average Bonchev–Trinajstić information content (AvgIpc) is 3.15. The van der Waals surface area contributed by atoms with E-state index in [2.05, 4.69) is 47.9 Å². The number of aryl methyl sites for hydroxylation is 1. The lowest BCUT2D eigenvalue weighted by Gasteiger charge is -2.26. The SMILES string of the molecule is CCc1ccc(CN2CCC3C2CCN3CCN(C)C)o1. The van der Waals surface area contributed by atoms with Gasteiger partial charge in [0.05, 0.1) is 6.54 Å². The molecule has 4 nitrogen and oxygen atoms in total. The lowest BCUT2D eigenvalue weighted by molar-refractivity contribution is 0.196. The molecular weight excluding hydrogens is 262 g/mol. The summed E-state index contributed by atoms with van der Waals surface area (Å²) in [5.74, 6) is 2.25. The summed E-state index contributed by atoms with van der Waals surface area (Å²) < 4.78 is 5.89. The van der Waals surface area contributed by atoms with Crippen molar-refractivity contribution in [3.8, 4) is 0 Å². The van der Waals surface area contributed by atoms with Gasteiger partial charge in [-0.05, 0) is 39.1 Å². The van der Waals surface area contributed by atoms with Crippen LogP contribution in [0.2, 0.25) is 0 Å². The van der Waals surface area contributed by atoms with Crippen molar-refractivity contribution in [2.75, 3.05) is 40.3 Å². The van der Waals surface area contributed by atoms with E-state index in [9.17, 15) is 0 Å². The second-order valence-electron chi connectivity index (χ2n) is 6.74. The molecule has 2 unspecified atom stereocenters. The molecule has 0 saturated carbocycles. The van der Waals surface area contributed by atoms with Gasteiger partial charge < -0.3 is 9.32 Å². The highest BCUT2D eigenvalue weighted by Gasteiger charge is 2.42. The summed E-state index contributed by atoms with van der Waals surface area (Å²) in [6.45, 7) is 7.99. The van der Waals surface area contributed by atoms with Gasteiger partial charge in [0.15, 0.2) is 0 Å². The Bertz CT molecular complexity index is 457. The maximum atomic E-state index is 5.89. The minimum atomic E-state index is 0.738. The van der Waals surface area contributed by atoms with E-state index in [1.807, 2.05) is 0 Å². The van der Waals surface area contributed by atoms with Crippen LogP contribution in [0.15, 0.2) is 16.5 Å². The number of rotatable bonds is 6. The molecule has 1 aromatic heterocycles. The van der Waals surface area contributed by atoms with E-state index in [0.717, 1.165) is 36.6 Å². The molecule has 0 aliphatic carbocycles. The van der Waals surface area contributed by atoms with E-state index in [-0.39, 0.29) is 0 Å². The van der Waals surface area contributed by atoms with Crippen molar-refractivity contribution >= 4 is 0 Å². The molecule has 0 bridgehead atoms. The van der Waals surface area contributed by atoms with Gasteiger partial charge in [-0.1, -0.05) is 6.92 Å². The number of hydrogen-bond donors (Lipinski definition) is 0. The second kappa shape index (κ2) is 6.51. The van der Waals surface area contributed by atoms with Crippen molar-refractivity contribution in [1.82, 2.24) is 14.7 Å². The number of fused-ring (bicyclic) bond motifs is 1. The van der Waals surface area contributed by atoms with Crippen molar-refractivity contribution in [2.45, 2.75) is 44.8 Å². The zero-order chi connectivity index (χ0) is 14.8.